The van der Waals surface area contributed by atoms with Gasteiger partial charge in [0.25, 0.3) is 5.91 Å². The van der Waals surface area contributed by atoms with E-state index in [1.54, 1.807) is 34.8 Å². The standard InChI is InChI=1S/C23H17N5O4/c1-13-25-26-20-11-10-18(27-28(13)20)14-6-8-16(9-7-14)24-22(29)17-12-15-4-3-5-19(31-2)21(15)32-23(17)30/h3-12H,1-2H3,(H,24,29). The minimum absolute atomic E-state index is 0.0926. The third kappa shape index (κ3) is 3.35. The van der Waals surface area contributed by atoms with E-state index in [1.165, 1.54) is 13.2 Å². The molecule has 9 nitrogen and oxygen atoms in total. The molecule has 0 unspecified atom stereocenters. The summed E-state index contributed by atoms with van der Waals surface area (Å²) >= 11 is 0. The molecule has 158 valence electrons. The Balaban J connectivity index is 1.40. The number of nitrogens with zero attached hydrogens (tertiary/aromatic N) is 4. The fourth-order valence-electron chi connectivity index (χ4n) is 3.41. The summed E-state index contributed by atoms with van der Waals surface area (Å²) in [6.45, 7) is 1.83. The Bertz CT molecular complexity index is 1540. The van der Waals surface area contributed by atoms with Crippen molar-refractivity contribution in [2.45, 2.75) is 6.92 Å². The van der Waals surface area contributed by atoms with E-state index >= 15 is 0 Å². The highest BCUT2D eigenvalue weighted by molar-refractivity contribution is 6.05. The van der Waals surface area contributed by atoms with Crippen LogP contribution in [0.15, 0.2) is 69.9 Å². The molecule has 3 heterocycles. The number of hydrogen-bond donors (Lipinski definition) is 1. The quantitative estimate of drug-likeness (QED) is 0.437. The number of aryl methyl sites for hydroxylation is 1. The number of carbonyl (C=O) groups excluding carboxylic acids is 1. The first kappa shape index (κ1) is 19.4. The molecule has 0 spiro atoms. The van der Waals surface area contributed by atoms with Crippen LogP contribution in [0.3, 0.4) is 0 Å². The van der Waals surface area contributed by atoms with Gasteiger partial charge in [-0.25, -0.2) is 4.79 Å². The van der Waals surface area contributed by atoms with Gasteiger partial charge in [0.15, 0.2) is 22.8 Å². The summed E-state index contributed by atoms with van der Waals surface area (Å²) in [6.07, 6.45) is 0. The predicted molar refractivity (Wildman–Crippen MR) is 118 cm³/mol. The molecular formula is C23H17N5O4. The number of methoxy groups -OCH3 is 1. The van der Waals surface area contributed by atoms with Gasteiger partial charge in [-0.3, -0.25) is 4.79 Å². The molecule has 0 atom stereocenters. The van der Waals surface area contributed by atoms with Crippen LogP contribution in [0.1, 0.15) is 16.2 Å². The molecule has 0 bridgehead atoms. The molecule has 1 N–H and O–H groups in total. The fourth-order valence-corrected chi connectivity index (χ4v) is 3.41. The number of anilines is 1. The van der Waals surface area contributed by atoms with Crippen molar-refractivity contribution in [1.82, 2.24) is 19.8 Å². The number of para-hydroxylation sites is 1. The first-order valence-electron chi connectivity index (χ1n) is 9.75. The van der Waals surface area contributed by atoms with E-state index in [2.05, 4.69) is 20.6 Å². The molecule has 2 aromatic carbocycles. The molecule has 0 radical (unpaired) electrons. The van der Waals surface area contributed by atoms with E-state index in [0.717, 1.165) is 11.3 Å². The summed E-state index contributed by atoms with van der Waals surface area (Å²) in [5, 5.41) is 15.9. The van der Waals surface area contributed by atoms with Gasteiger partial charge in [-0.1, -0.05) is 24.3 Å². The topological polar surface area (TPSA) is 112 Å². The van der Waals surface area contributed by atoms with Crippen molar-refractivity contribution in [3.05, 3.63) is 82.5 Å². The lowest BCUT2D eigenvalue weighted by atomic mass is 10.1. The largest absolute Gasteiger partial charge is 0.493 e. The Kier molecular flexibility index (Phi) is 4.63. The Morgan fingerprint density at radius 3 is 2.66 bits per heavy atom. The number of ether oxygens (including phenoxy) is 1. The summed E-state index contributed by atoms with van der Waals surface area (Å²) in [4.78, 5) is 25.1. The molecule has 5 aromatic rings. The maximum atomic E-state index is 12.7. The van der Waals surface area contributed by atoms with Crippen molar-refractivity contribution in [3.8, 4) is 17.0 Å². The van der Waals surface area contributed by atoms with Crippen LogP contribution < -0.4 is 15.7 Å². The Morgan fingerprint density at radius 2 is 1.88 bits per heavy atom. The normalized spacial score (nSPS) is 11.1. The maximum absolute atomic E-state index is 12.7. The highest BCUT2D eigenvalue weighted by Gasteiger charge is 2.16. The zero-order chi connectivity index (χ0) is 22.2. The van der Waals surface area contributed by atoms with Gasteiger partial charge in [0.05, 0.1) is 12.8 Å². The molecule has 0 fully saturated rings. The Morgan fingerprint density at radius 1 is 1.06 bits per heavy atom. The van der Waals surface area contributed by atoms with Crippen molar-refractivity contribution < 1.29 is 13.9 Å². The van der Waals surface area contributed by atoms with Crippen LogP contribution in [0.2, 0.25) is 0 Å². The van der Waals surface area contributed by atoms with Crippen LogP contribution in [0.4, 0.5) is 5.69 Å². The molecule has 0 saturated heterocycles. The molecule has 0 aliphatic carbocycles. The van der Waals surface area contributed by atoms with Crippen molar-refractivity contribution >= 4 is 28.2 Å². The van der Waals surface area contributed by atoms with Crippen LogP contribution in [0.5, 0.6) is 5.75 Å². The molecule has 0 aliphatic heterocycles. The first-order chi connectivity index (χ1) is 15.5. The lowest BCUT2D eigenvalue weighted by Crippen LogP contribution is -2.20. The Labute approximate surface area is 181 Å². The average Bonchev–Trinajstić information content (AvgIpc) is 3.18. The molecular weight excluding hydrogens is 410 g/mol. The molecule has 0 saturated carbocycles. The zero-order valence-corrected chi connectivity index (χ0v) is 17.2. The van der Waals surface area contributed by atoms with Gasteiger partial charge in [-0.05, 0) is 43.3 Å². The molecule has 32 heavy (non-hydrogen) atoms. The second kappa shape index (κ2) is 7.62. The van der Waals surface area contributed by atoms with Gasteiger partial charge in [-0.2, -0.15) is 9.61 Å². The van der Waals surface area contributed by atoms with Crippen LogP contribution in [0, 0.1) is 6.92 Å². The minimum Gasteiger partial charge on any atom is -0.493 e. The molecule has 5 rings (SSSR count). The number of aromatic nitrogens is 4. The van der Waals surface area contributed by atoms with Gasteiger partial charge in [-0.15, -0.1) is 10.2 Å². The lowest BCUT2D eigenvalue weighted by Gasteiger charge is -2.08. The van der Waals surface area contributed by atoms with E-state index in [9.17, 15) is 9.59 Å². The SMILES string of the molecule is COc1cccc2cc(C(=O)Nc3ccc(-c4ccc5nnc(C)n5n4)cc3)c(=O)oc12. The van der Waals surface area contributed by atoms with E-state index < -0.39 is 11.5 Å². The molecule has 1 amide bonds. The van der Waals surface area contributed by atoms with Crippen LogP contribution >= 0.6 is 0 Å². The third-order valence-electron chi connectivity index (χ3n) is 5.05. The minimum atomic E-state index is -0.738. The lowest BCUT2D eigenvalue weighted by molar-refractivity contribution is 0.102. The van der Waals surface area contributed by atoms with E-state index in [-0.39, 0.29) is 5.56 Å². The number of fused-ring (bicyclic) bond motifs is 2. The molecule has 3 aromatic heterocycles. The number of benzene rings is 2. The monoisotopic (exact) mass is 427 g/mol. The average molecular weight is 427 g/mol. The van der Waals surface area contributed by atoms with Crippen molar-refractivity contribution in [2.75, 3.05) is 12.4 Å². The van der Waals surface area contributed by atoms with Gasteiger partial charge in [0, 0.05) is 16.6 Å². The number of hydrogen-bond acceptors (Lipinski definition) is 7. The van der Waals surface area contributed by atoms with E-state index in [4.69, 9.17) is 9.15 Å². The van der Waals surface area contributed by atoms with Crippen molar-refractivity contribution in [2.24, 2.45) is 0 Å². The smallest absolute Gasteiger partial charge is 0.349 e. The van der Waals surface area contributed by atoms with Gasteiger partial charge < -0.3 is 14.5 Å². The highest BCUT2D eigenvalue weighted by atomic mass is 16.5. The number of nitrogens with one attached hydrogen (secondary N) is 1. The van der Waals surface area contributed by atoms with Gasteiger partial charge in [0.1, 0.15) is 5.56 Å². The zero-order valence-electron chi connectivity index (χ0n) is 17.2. The summed E-state index contributed by atoms with van der Waals surface area (Å²) in [6, 6.07) is 17.5. The molecule has 9 heteroatoms. The van der Waals surface area contributed by atoms with Crippen molar-refractivity contribution in [1.29, 1.82) is 0 Å². The van der Waals surface area contributed by atoms with Gasteiger partial charge in [0.2, 0.25) is 0 Å². The fraction of sp³-hybridized carbons (Fsp3) is 0.0870. The van der Waals surface area contributed by atoms with Gasteiger partial charge >= 0.3 is 5.63 Å². The second-order valence-electron chi connectivity index (χ2n) is 7.09. The number of carbonyl (C=O) groups is 1. The summed E-state index contributed by atoms with van der Waals surface area (Å²) in [7, 11) is 1.49. The second-order valence-corrected chi connectivity index (χ2v) is 7.09. The summed E-state index contributed by atoms with van der Waals surface area (Å²) < 4.78 is 12.2. The van der Waals surface area contributed by atoms with Crippen molar-refractivity contribution in [3.63, 3.8) is 0 Å². The number of rotatable bonds is 4. The predicted octanol–water partition coefficient (Wildman–Crippen LogP) is 3.47. The third-order valence-corrected chi connectivity index (χ3v) is 5.05. The Hall–Kier alpha value is -4.53. The summed E-state index contributed by atoms with van der Waals surface area (Å²) in [5.74, 6) is 0.559. The van der Waals surface area contributed by atoms with E-state index in [0.29, 0.717) is 33.9 Å². The van der Waals surface area contributed by atoms with Crippen LogP contribution in [0.25, 0.3) is 27.9 Å². The number of amides is 1. The summed E-state index contributed by atoms with van der Waals surface area (Å²) in [5.41, 5.74) is 2.27. The highest BCUT2D eigenvalue weighted by Crippen LogP contribution is 2.25. The van der Waals surface area contributed by atoms with Crippen LogP contribution in [-0.2, 0) is 0 Å². The first-order valence-corrected chi connectivity index (χ1v) is 9.75. The van der Waals surface area contributed by atoms with Crippen LogP contribution in [-0.4, -0.2) is 32.8 Å². The maximum Gasteiger partial charge on any atom is 0.349 e. The van der Waals surface area contributed by atoms with E-state index in [1.807, 2.05) is 31.2 Å². The molecule has 0 aliphatic rings.